The molecule has 0 fully saturated rings. The topological polar surface area (TPSA) is 87.7 Å². The van der Waals surface area contributed by atoms with Crippen LogP contribution in [-0.4, -0.2) is 33.9 Å². The fourth-order valence-electron chi connectivity index (χ4n) is 2.44. The number of nitrogens with one attached hydrogen (secondary N) is 2. The summed E-state index contributed by atoms with van der Waals surface area (Å²) >= 11 is 5.80. The zero-order valence-corrected chi connectivity index (χ0v) is 14.9. The highest BCUT2D eigenvalue weighted by atomic mass is 35.5. The van der Waals surface area contributed by atoms with Crippen LogP contribution in [0, 0.1) is 0 Å². The Morgan fingerprint density at radius 2 is 1.76 bits per heavy atom. The van der Waals surface area contributed by atoms with Crippen LogP contribution in [0.25, 0.3) is 0 Å². The monoisotopic (exact) mass is 381 g/mol. The molecule has 0 bridgehead atoms. The molecule has 1 heterocycles. The molecule has 1 aliphatic heterocycles. The number of urea groups is 1. The van der Waals surface area contributed by atoms with E-state index in [1.54, 1.807) is 42.5 Å². The number of benzene rings is 2. The van der Waals surface area contributed by atoms with E-state index < -0.39 is 16.1 Å². The van der Waals surface area contributed by atoms with E-state index in [4.69, 9.17) is 16.3 Å². The fraction of sp³-hybridized carbons (Fsp3) is 0.188. The van der Waals surface area contributed by atoms with Gasteiger partial charge in [0.15, 0.2) is 0 Å². The molecule has 2 N–H and O–H groups in total. The second-order valence-electron chi connectivity index (χ2n) is 5.45. The molecule has 132 valence electrons. The zero-order chi connectivity index (χ0) is 18.0. The number of hydrogen-bond donors (Lipinski definition) is 2. The van der Waals surface area contributed by atoms with Crippen LogP contribution in [0.4, 0.5) is 21.9 Å². The summed E-state index contributed by atoms with van der Waals surface area (Å²) in [6, 6.07) is 11.1. The lowest BCUT2D eigenvalue weighted by Crippen LogP contribution is -2.37. The van der Waals surface area contributed by atoms with E-state index in [-0.39, 0.29) is 13.2 Å². The minimum atomic E-state index is -3.42. The summed E-state index contributed by atoms with van der Waals surface area (Å²) in [5, 5.41) is 5.91. The summed E-state index contributed by atoms with van der Waals surface area (Å²) in [5.74, 6) is 0.459. The van der Waals surface area contributed by atoms with Crippen LogP contribution < -0.4 is 19.7 Å². The van der Waals surface area contributed by atoms with Crippen molar-refractivity contribution in [3.05, 3.63) is 47.5 Å². The van der Waals surface area contributed by atoms with Gasteiger partial charge in [-0.1, -0.05) is 11.6 Å². The molecule has 2 amide bonds. The van der Waals surface area contributed by atoms with E-state index in [9.17, 15) is 13.2 Å². The molecule has 3 rings (SSSR count). The standard InChI is InChI=1S/C16H16ClN3O4S/c1-25(22,23)20-8-9-24-15-7-6-13(10-14(15)20)19-16(21)18-12-4-2-11(17)3-5-12/h2-7,10H,8-9H2,1H3,(H2,18,19,21). The Hall–Kier alpha value is -2.45. The molecule has 0 saturated carbocycles. The highest BCUT2D eigenvalue weighted by Gasteiger charge is 2.25. The quantitative estimate of drug-likeness (QED) is 0.854. The van der Waals surface area contributed by atoms with Crippen LogP contribution in [0.3, 0.4) is 0 Å². The Morgan fingerprint density at radius 3 is 2.44 bits per heavy atom. The first-order valence-corrected chi connectivity index (χ1v) is 9.64. The number of rotatable bonds is 3. The Labute approximate surface area is 150 Å². The van der Waals surface area contributed by atoms with E-state index in [0.29, 0.717) is 27.8 Å². The van der Waals surface area contributed by atoms with Crippen LogP contribution >= 0.6 is 11.6 Å². The highest BCUT2D eigenvalue weighted by molar-refractivity contribution is 7.92. The third-order valence-corrected chi connectivity index (χ3v) is 4.97. The van der Waals surface area contributed by atoms with Gasteiger partial charge < -0.3 is 15.4 Å². The van der Waals surface area contributed by atoms with Crippen LogP contribution in [0.5, 0.6) is 5.75 Å². The van der Waals surface area contributed by atoms with Crippen molar-refractivity contribution in [1.82, 2.24) is 0 Å². The van der Waals surface area contributed by atoms with Crippen molar-refractivity contribution in [3.8, 4) is 5.75 Å². The first-order valence-electron chi connectivity index (χ1n) is 7.41. The van der Waals surface area contributed by atoms with Gasteiger partial charge in [0, 0.05) is 16.4 Å². The summed E-state index contributed by atoms with van der Waals surface area (Å²) in [6.45, 7) is 0.510. The van der Waals surface area contributed by atoms with Gasteiger partial charge in [-0.05, 0) is 42.5 Å². The first kappa shape index (κ1) is 17.4. The lowest BCUT2D eigenvalue weighted by molar-refractivity contribution is 0.262. The number of fused-ring (bicyclic) bond motifs is 1. The maximum Gasteiger partial charge on any atom is 0.323 e. The largest absolute Gasteiger partial charge is 0.489 e. The summed E-state index contributed by atoms with van der Waals surface area (Å²) in [4.78, 5) is 12.1. The average Bonchev–Trinajstić information content (AvgIpc) is 2.55. The van der Waals surface area contributed by atoms with Gasteiger partial charge in [0.2, 0.25) is 10.0 Å². The molecule has 0 spiro atoms. The zero-order valence-electron chi connectivity index (χ0n) is 13.3. The van der Waals surface area contributed by atoms with Gasteiger partial charge in [0.25, 0.3) is 0 Å². The number of carbonyl (C=O) groups is 1. The normalized spacial score (nSPS) is 13.6. The molecule has 7 nitrogen and oxygen atoms in total. The maximum absolute atomic E-state index is 12.1. The number of anilines is 3. The molecule has 0 unspecified atom stereocenters. The van der Waals surface area contributed by atoms with E-state index in [1.165, 1.54) is 4.31 Å². The van der Waals surface area contributed by atoms with E-state index in [1.807, 2.05) is 0 Å². The van der Waals surface area contributed by atoms with Crippen molar-refractivity contribution in [2.75, 3.05) is 34.3 Å². The van der Waals surface area contributed by atoms with E-state index in [0.717, 1.165) is 6.26 Å². The average molecular weight is 382 g/mol. The van der Waals surface area contributed by atoms with Gasteiger partial charge in [0.1, 0.15) is 12.4 Å². The van der Waals surface area contributed by atoms with Crippen molar-refractivity contribution < 1.29 is 17.9 Å². The van der Waals surface area contributed by atoms with Crippen LogP contribution in [0.15, 0.2) is 42.5 Å². The van der Waals surface area contributed by atoms with E-state index in [2.05, 4.69) is 10.6 Å². The van der Waals surface area contributed by atoms with Crippen molar-refractivity contribution in [3.63, 3.8) is 0 Å². The summed E-state index contributed by atoms with van der Waals surface area (Å²) in [5.41, 5.74) is 1.43. The predicted molar refractivity (Wildman–Crippen MR) is 98.2 cm³/mol. The lowest BCUT2D eigenvalue weighted by Gasteiger charge is -2.29. The van der Waals surface area contributed by atoms with Gasteiger partial charge in [-0.2, -0.15) is 0 Å². The molecule has 25 heavy (non-hydrogen) atoms. The van der Waals surface area contributed by atoms with Gasteiger partial charge in [-0.15, -0.1) is 0 Å². The molecule has 0 aromatic heterocycles. The number of sulfonamides is 1. The molecule has 0 saturated heterocycles. The molecule has 2 aromatic rings. The lowest BCUT2D eigenvalue weighted by atomic mass is 10.2. The Kier molecular flexibility index (Phi) is 4.73. The molecule has 2 aromatic carbocycles. The minimum absolute atomic E-state index is 0.228. The molecule has 0 aliphatic carbocycles. The number of carbonyl (C=O) groups excluding carboxylic acids is 1. The number of halogens is 1. The van der Waals surface area contributed by atoms with Crippen molar-refractivity contribution in [2.24, 2.45) is 0 Å². The van der Waals surface area contributed by atoms with Crippen LogP contribution in [0.1, 0.15) is 0 Å². The summed E-state index contributed by atoms with van der Waals surface area (Å²) in [6.07, 6.45) is 1.13. The number of hydrogen-bond acceptors (Lipinski definition) is 4. The number of nitrogens with zero attached hydrogens (tertiary/aromatic N) is 1. The minimum Gasteiger partial charge on any atom is -0.489 e. The molecular formula is C16H16ClN3O4S. The van der Waals surface area contributed by atoms with Crippen molar-refractivity contribution in [2.45, 2.75) is 0 Å². The third kappa shape index (κ3) is 4.15. The SMILES string of the molecule is CS(=O)(=O)N1CCOc2ccc(NC(=O)Nc3ccc(Cl)cc3)cc21. The van der Waals surface area contributed by atoms with Gasteiger partial charge in [-0.25, -0.2) is 13.2 Å². The highest BCUT2D eigenvalue weighted by Crippen LogP contribution is 2.35. The second kappa shape index (κ2) is 6.81. The number of amides is 2. The fourth-order valence-corrected chi connectivity index (χ4v) is 3.47. The maximum atomic E-state index is 12.1. The summed E-state index contributed by atoms with van der Waals surface area (Å²) < 4.78 is 30.5. The summed E-state index contributed by atoms with van der Waals surface area (Å²) in [7, 11) is -3.42. The Balaban J connectivity index is 1.77. The Morgan fingerprint density at radius 1 is 1.12 bits per heavy atom. The van der Waals surface area contributed by atoms with E-state index >= 15 is 0 Å². The van der Waals surface area contributed by atoms with Gasteiger partial charge in [-0.3, -0.25) is 4.31 Å². The Bertz CT molecular complexity index is 900. The van der Waals surface area contributed by atoms with Crippen molar-refractivity contribution in [1.29, 1.82) is 0 Å². The van der Waals surface area contributed by atoms with Crippen LogP contribution in [-0.2, 0) is 10.0 Å². The van der Waals surface area contributed by atoms with Crippen LogP contribution in [0.2, 0.25) is 5.02 Å². The van der Waals surface area contributed by atoms with Crippen molar-refractivity contribution >= 4 is 44.7 Å². The van der Waals surface area contributed by atoms with Gasteiger partial charge >= 0.3 is 6.03 Å². The molecule has 9 heteroatoms. The predicted octanol–water partition coefficient (Wildman–Crippen LogP) is 3.14. The third-order valence-electron chi connectivity index (χ3n) is 3.54. The second-order valence-corrected chi connectivity index (χ2v) is 7.80. The molecule has 0 radical (unpaired) electrons. The van der Waals surface area contributed by atoms with Gasteiger partial charge in [0.05, 0.1) is 18.5 Å². The molecule has 1 aliphatic rings. The first-order chi connectivity index (χ1) is 11.8. The molecule has 0 atom stereocenters. The number of ether oxygens (including phenoxy) is 1. The molecular weight excluding hydrogens is 366 g/mol. The smallest absolute Gasteiger partial charge is 0.323 e.